The molecule has 0 saturated carbocycles. The maximum absolute atomic E-state index is 12.5. The van der Waals surface area contributed by atoms with Gasteiger partial charge < -0.3 is 4.90 Å². The molecule has 32 heavy (non-hydrogen) atoms. The van der Waals surface area contributed by atoms with Gasteiger partial charge in [-0.3, -0.25) is 10.1 Å². The van der Waals surface area contributed by atoms with Gasteiger partial charge in [0.25, 0.3) is 0 Å². The van der Waals surface area contributed by atoms with E-state index in [-0.39, 0.29) is 18.0 Å². The Morgan fingerprint density at radius 1 is 1.16 bits per heavy atom. The lowest BCUT2D eigenvalue weighted by atomic mass is 10.0. The number of nitrogens with one attached hydrogen (secondary N) is 1. The topological polar surface area (TPSA) is 84.1 Å². The maximum atomic E-state index is 12.5. The number of amides is 1. The van der Waals surface area contributed by atoms with E-state index in [1.165, 1.54) is 11.1 Å². The average Bonchev–Trinajstić information content (AvgIpc) is 3.51. The van der Waals surface area contributed by atoms with Gasteiger partial charge in [-0.25, -0.2) is 10.0 Å². The average molecular weight is 447 g/mol. The van der Waals surface area contributed by atoms with Gasteiger partial charge in [-0.15, -0.1) is 0 Å². The molecule has 1 N–H and O–H groups in total. The molecule has 0 aromatic heterocycles. The Kier molecular flexibility index (Phi) is 5.54. The number of nitrogens with zero attached hydrogens (tertiary/aromatic N) is 5. The Morgan fingerprint density at radius 2 is 1.88 bits per heavy atom. The van der Waals surface area contributed by atoms with E-state index >= 15 is 0 Å². The van der Waals surface area contributed by atoms with Crippen LogP contribution in [0.2, 0.25) is 5.02 Å². The number of fused-ring (bicyclic) bond motifs is 1. The fraction of sp³-hybridized carbons (Fsp3) is 0.333. The molecule has 2 aromatic rings. The molecule has 162 valence electrons. The molecule has 2 heterocycles. The highest BCUT2D eigenvalue weighted by Gasteiger charge is 2.38. The second-order valence-electron chi connectivity index (χ2n) is 8.30. The molecular weight excluding hydrogens is 424 g/mol. The summed E-state index contributed by atoms with van der Waals surface area (Å²) in [5.41, 5.74) is 4.29. The van der Waals surface area contributed by atoms with Crippen molar-refractivity contribution in [3.63, 3.8) is 0 Å². The van der Waals surface area contributed by atoms with Crippen molar-refractivity contribution in [2.24, 2.45) is 10.1 Å². The first-order valence-corrected chi connectivity index (χ1v) is 11.2. The fourth-order valence-corrected chi connectivity index (χ4v) is 4.88. The second-order valence-corrected chi connectivity index (χ2v) is 8.74. The Hall–Kier alpha value is -3.37. The van der Waals surface area contributed by atoms with E-state index in [1.54, 1.807) is 5.01 Å². The fourth-order valence-electron chi connectivity index (χ4n) is 4.75. The predicted molar refractivity (Wildman–Crippen MR) is 123 cm³/mol. The van der Waals surface area contributed by atoms with Gasteiger partial charge in [-0.2, -0.15) is 10.4 Å². The van der Waals surface area contributed by atoms with Crippen LogP contribution in [0.1, 0.15) is 29.5 Å². The van der Waals surface area contributed by atoms with E-state index in [4.69, 9.17) is 21.7 Å². The van der Waals surface area contributed by atoms with E-state index in [1.807, 2.05) is 47.5 Å². The van der Waals surface area contributed by atoms with Gasteiger partial charge in [-0.05, 0) is 42.5 Å². The zero-order chi connectivity index (χ0) is 22.1. The lowest BCUT2D eigenvalue weighted by Crippen LogP contribution is -2.46. The Morgan fingerprint density at radius 3 is 2.50 bits per heavy atom. The number of carbonyl (C=O) groups is 1. The number of nitriles is 1. The summed E-state index contributed by atoms with van der Waals surface area (Å²) in [4.78, 5) is 19.3. The van der Waals surface area contributed by atoms with Crippen molar-refractivity contribution in [2.45, 2.75) is 37.8 Å². The molecule has 5 rings (SSSR count). The molecule has 0 radical (unpaired) electrons. The SMILES string of the molecule is N#CNC(=NC1Cc2ccccc2C1)N1CC(N2CCCC2=O)C(c2ccc(Cl)cc2)=N1. The van der Waals surface area contributed by atoms with Crippen molar-refractivity contribution in [3.8, 4) is 6.19 Å². The van der Waals surface area contributed by atoms with Crippen LogP contribution < -0.4 is 5.32 Å². The number of likely N-dealkylation sites (tertiary alicyclic amines) is 1. The van der Waals surface area contributed by atoms with E-state index in [0.717, 1.165) is 30.5 Å². The molecule has 7 nitrogen and oxygen atoms in total. The summed E-state index contributed by atoms with van der Waals surface area (Å²) >= 11 is 6.08. The van der Waals surface area contributed by atoms with Gasteiger partial charge in [0.05, 0.1) is 24.3 Å². The molecule has 1 unspecified atom stereocenters. The third kappa shape index (κ3) is 3.94. The summed E-state index contributed by atoms with van der Waals surface area (Å²) < 4.78 is 0. The van der Waals surface area contributed by atoms with Gasteiger partial charge >= 0.3 is 0 Å². The van der Waals surface area contributed by atoms with Crippen LogP contribution in [0, 0.1) is 11.5 Å². The lowest BCUT2D eigenvalue weighted by Gasteiger charge is -2.25. The molecule has 3 aliphatic rings. The zero-order valence-corrected chi connectivity index (χ0v) is 18.3. The smallest absolute Gasteiger partial charge is 0.228 e. The number of hydrogen-bond acceptors (Lipinski definition) is 4. The second kappa shape index (κ2) is 8.64. The molecule has 1 aliphatic carbocycles. The molecule has 1 saturated heterocycles. The van der Waals surface area contributed by atoms with Crippen LogP contribution in [0.5, 0.6) is 0 Å². The highest BCUT2D eigenvalue weighted by atomic mass is 35.5. The third-order valence-electron chi connectivity index (χ3n) is 6.26. The van der Waals surface area contributed by atoms with Crippen LogP contribution >= 0.6 is 11.6 Å². The number of aliphatic imine (C=N–C) groups is 1. The summed E-state index contributed by atoms with van der Waals surface area (Å²) in [5, 5.41) is 19.3. The summed E-state index contributed by atoms with van der Waals surface area (Å²) in [6, 6.07) is 15.7. The van der Waals surface area contributed by atoms with Crippen molar-refractivity contribution in [2.75, 3.05) is 13.1 Å². The van der Waals surface area contributed by atoms with Crippen LogP contribution in [0.15, 0.2) is 58.6 Å². The van der Waals surface area contributed by atoms with Crippen LogP contribution in [-0.4, -0.2) is 52.7 Å². The summed E-state index contributed by atoms with van der Waals surface area (Å²) in [7, 11) is 0. The molecule has 2 aliphatic heterocycles. The number of carbonyl (C=O) groups excluding carboxylic acids is 1. The van der Waals surface area contributed by atoms with Crippen molar-refractivity contribution < 1.29 is 4.79 Å². The van der Waals surface area contributed by atoms with E-state index < -0.39 is 0 Å². The molecule has 0 bridgehead atoms. The highest BCUT2D eigenvalue weighted by Crippen LogP contribution is 2.27. The summed E-state index contributed by atoms with van der Waals surface area (Å²) in [6.07, 6.45) is 5.08. The molecule has 1 atom stereocenters. The predicted octanol–water partition coefficient (Wildman–Crippen LogP) is 2.94. The van der Waals surface area contributed by atoms with E-state index in [9.17, 15) is 10.1 Å². The minimum atomic E-state index is -0.197. The van der Waals surface area contributed by atoms with Crippen molar-refractivity contribution in [1.29, 1.82) is 5.26 Å². The lowest BCUT2D eigenvalue weighted by molar-refractivity contribution is -0.128. The van der Waals surface area contributed by atoms with Gasteiger partial charge in [0, 0.05) is 23.6 Å². The number of benzene rings is 2. The number of hydrazone groups is 1. The Balaban J connectivity index is 1.46. The number of guanidine groups is 1. The molecule has 8 heteroatoms. The first-order valence-electron chi connectivity index (χ1n) is 10.8. The monoisotopic (exact) mass is 446 g/mol. The number of halogens is 1. The normalized spacial score (nSPS) is 21.0. The molecule has 1 amide bonds. The molecule has 2 aromatic carbocycles. The standard InChI is InChI=1S/C24H23ClN6O/c25-19-9-7-16(8-10-19)23-21(30-11-3-6-22(30)32)14-31(29-23)24(27-15-26)28-20-12-17-4-1-2-5-18(17)13-20/h1-2,4-5,7-10,20-21H,3,6,11-14H2,(H,27,28). The number of hydrogen-bond donors (Lipinski definition) is 1. The Bertz CT molecular complexity index is 1110. The minimum Gasteiger partial charge on any atom is -0.332 e. The maximum Gasteiger partial charge on any atom is 0.228 e. The minimum absolute atomic E-state index is 0.0462. The van der Waals surface area contributed by atoms with Crippen LogP contribution in [0.25, 0.3) is 0 Å². The van der Waals surface area contributed by atoms with Gasteiger partial charge in [0.15, 0.2) is 6.19 Å². The summed E-state index contributed by atoms with van der Waals surface area (Å²) in [5.74, 6) is 0.558. The largest absolute Gasteiger partial charge is 0.332 e. The summed E-state index contributed by atoms with van der Waals surface area (Å²) in [6.45, 7) is 1.16. The first kappa shape index (κ1) is 20.5. The van der Waals surface area contributed by atoms with E-state index in [0.29, 0.717) is 30.5 Å². The van der Waals surface area contributed by atoms with Crippen molar-refractivity contribution in [3.05, 3.63) is 70.2 Å². The molecule has 0 spiro atoms. The van der Waals surface area contributed by atoms with Gasteiger partial charge in [-0.1, -0.05) is 48.0 Å². The molecular formula is C24H23ClN6O. The van der Waals surface area contributed by atoms with Gasteiger partial charge in [0.2, 0.25) is 11.9 Å². The van der Waals surface area contributed by atoms with Crippen LogP contribution in [0.3, 0.4) is 0 Å². The number of rotatable bonds is 3. The zero-order valence-electron chi connectivity index (χ0n) is 17.5. The van der Waals surface area contributed by atoms with Gasteiger partial charge in [0.1, 0.15) is 0 Å². The Labute approximate surface area is 192 Å². The van der Waals surface area contributed by atoms with Crippen molar-refractivity contribution >= 4 is 29.2 Å². The van der Waals surface area contributed by atoms with E-state index in [2.05, 4.69) is 17.4 Å². The van der Waals surface area contributed by atoms with Crippen LogP contribution in [-0.2, 0) is 17.6 Å². The van der Waals surface area contributed by atoms with Crippen molar-refractivity contribution in [1.82, 2.24) is 15.2 Å². The molecule has 1 fully saturated rings. The first-order chi connectivity index (χ1) is 15.6. The highest BCUT2D eigenvalue weighted by molar-refractivity contribution is 6.30. The van der Waals surface area contributed by atoms with Crippen LogP contribution in [0.4, 0.5) is 0 Å². The quantitative estimate of drug-likeness (QED) is 0.340. The third-order valence-corrected chi connectivity index (χ3v) is 6.51.